The summed E-state index contributed by atoms with van der Waals surface area (Å²) in [6.07, 6.45) is 0. The van der Waals surface area contributed by atoms with Crippen LogP contribution in [0.3, 0.4) is 0 Å². The van der Waals surface area contributed by atoms with Crippen LogP contribution in [-0.2, 0) is 11.3 Å². The van der Waals surface area contributed by atoms with Gasteiger partial charge in [-0.2, -0.15) is 0 Å². The SMILES string of the molecule is Cc1cccc2nc(COC(=O)c3c(Cl)cccc3Cl)cc(=O)n12. The zero-order valence-corrected chi connectivity index (χ0v) is 14.1. The standard InChI is InChI=1S/C17H12Cl2N2O3/c1-10-4-2-7-14-20-11(8-15(22)21(10)14)9-24-17(23)16-12(18)5-3-6-13(16)19/h2-8H,9H2,1H3. The second kappa shape index (κ2) is 6.63. The summed E-state index contributed by atoms with van der Waals surface area (Å²) in [4.78, 5) is 28.7. The third-order valence-corrected chi connectivity index (χ3v) is 4.08. The van der Waals surface area contributed by atoms with Crippen LogP contribution in [0, 0.1) is 6.92 Å². The number of rotatable bonds is 3. The van der Waals surface area contributed by atoms with Gasteiger partial charge in [0, 0.05) is 11.8 Å². The van der Waals surface area contributed by atoms with Crippen LogP contribution >= 0.6 is 23.2 Å². The number of nitrogens with zero attached hydrogens (tertiary/aromatic N) is 2. The third kappa shape index (κ3) is 3.13. The first-order valence-electron chi connectivity index (χ1n) is 7.07. The molecule has 0 aliphatic carbocycles. The number of carbonyl (C=O) groups excluding carboxylic acids is 1. The summed E-state index contributed by atoms with van der Waals surface area (Å²) in [5.41, 5.74) is 1.47. The molecule has 2 heterocycles. The molecule has 0 saturated carbocycles. The quantitative estimate of drug-likeness (QED) is 0.667. The van der Waals surface area contributed by atoms with Crippen LogP contribution in [0.1, 0.15) is 21.7 Å². The van der Waals surface area contributed by atoms with Gasteiger partial charge in [-0.1, -0.05) is 35.3 Å². The van der Waals surface area contributed by atoms with E-state index in [1.54, 1.807) is 30.3 Å². The largest absolute Gasteiger partial charge is 0.455 e. The van der Waals surface area contributed by atoms with E-state index in [0.717, 1.165) is 5.69 Å². The summed E-state index contributed by atoms with van der Waals surface area (Å²) in [5.74, 6) is -0.670. The fourth-order valence-electron chi connectivity index (χ4n) is 2.34. The van der Waals surface area contributed by atoms with Crippen molar-refractivity contribution >= 4 is 34.8 Å². The molecular formula is C17H12Cl2N2O3. The van der Waals surface area contributed by atoms with Crippen molar-refractivity contribution in [2.45, 2.75) is 13.5 Å². The number of hydrogen-bond donors (Lipinski definition) is 0. The minimum atomic E-state index is -0.670. The van der Waals surface area contributed by atoms with E-state index < -0.39 is 5.97 Å². The third-order valence-electron chi connectivity index (χ3n) is 3.45. The van der Waals surface area contributed by atoms with Gasteiger partial charge in [0.15, 0.2) is 0 Å². The molecule has 0 N–H and O–H groups in total. The van der Waals surface area contributed by atoms with Crippen LogP contribution in [0.25, 0.3) is 5.65 Å². The molecule has 0 unspecified atom stereocenters. The Morgan fingerprint density at radius 3 is 2.54 bits per heavy atom. The van der Waals surface area contributed by atoms with Crippen molar-refractivity contribution < 1.29 is 9.53 Å². The molecule has 0 atom stereocenters. The predicted molar refractivity (Wildman–Crippen MR) is 91.8 cm³/mol. The Bertz CT molecular complexity index is 979. The molecule has 1 aromatic carbocycles. The van der Waals surface area contributed by atoms with Crippen molar-refractivity contribution in [1.29, 1.82) is 0 Å². The number of fused-ring (bicyclic) bond motifs is 1. The van der Waals surface area contributed by atoms with Crippen molar-refractivity contribution in [3.05, 3.63) is 79.8 Å². The molecule has 0 spiro atoms. The van der Waals surface area contributed by atoms with Crippen molar-refractivity contribution in [2.24, 2.45) is 0 Å². The summed E-state index contributed by atoms with van der Waals surface area (Å²) in [7, 11) is 0. The number of benzene rings is 1. The van der Waals surface area contributed by atoms with E-state index in [-0.39, 0.29) is 27.8 Å². The van der Waals surface area contributed by atoms with E-state index in [4.69, 9.17) is 27.9 Å². The van der Waals surface area contributed by atoms with Gasteiger partial charge in [0.05, 0.1) is 21.3 Å². The van der Waals surface area contributed by atoms with Crippen LogP contribution in [0.4, 0.5) is 0 Å². The molecule has 122 valence electrons. The molecule has 0 radical (unpaired) electrons. The highest BCUT2D eigenvalue weighted by atomic mass is 35.5. The number of aromatic nitrogens is 2. The van der Waals surface area contributed by atoms with Crippen LogP contribution in [0.15, 0.2) is 47.3 Å². The smallest absolute Gasteiger partial charge is 0.341 e. The molecule has 5 nitrogen and oxygen atoms in total. The van der Waals surface area contributed by atoms with Crippen LogP contribution in [0.5, 0.6) is 0 Å². The van der Waals surface area contributed by atoms with E-state index in [0.29, 0.717) is 11.3 Å². The fourth-order valence-corrected chi connectivity index (χ4v) is 2.89. The number of carbonyl (C=O) groups is 1. The summed E-state index contributed by atoms with van der Waals surface area (Å²) in [6.45, 7) is 1.66. The monoisotopic (exact) mass is 362 g/mol. The number of aryl methyl sites for hydroxylation is 1. The molecule has 0 saturated heterocycles. The molecule has 0 amide bonds. The second-order valence-electron chi connectivity index (χ2n) is 5.12. The van der Waals surface area contributed by atoms with Gasteiger partial charge in [0.2, 0.25) is 0 Å². The number of esters is 1. The highest BCUT2D eigenvalue weighted by Gasteiger charge is 2.16. The molecule has 3 aromatic rings. The van der Waals surface area contributed by atoms with Gasteiger partial charge in [-0.3, -0.25) is 9.20 Å². The topological polar surface area (TPSA) is 60.7 Å². The first-order chi connectivity index (χ1) is 11.5. The molecular weight excluding hydrogens is 351 g/mol. The highest BCUT2D eigenvalue weighted by Crippen LogP contribution is 2.25. The maximum absolute atomic E-state index is 12.2. The van der Waals surface area contributed by atoms with Gasteiger partial charge in [0.1, 0.15) is 12.3 Å². The van der Waals surface area contributed by atoms with Gasteiger partial charge in [-0.15, -0.1) is 0 Å². The van der Waals surface area contributed by atoms with Crippen molar-refractivity contribution in [3.8, 4) is 0 Å². The van der Waals surface area contributed by atoms with Crippen molar-refractivity contribution in [2.75, 3.05) is 0 Å². The molecule has 0 aliphatic rings. The summed E-state index contributed by atoms with van der Waals surface area (Å²) >= 11 is 11.9. The molecule has 0 fully saturated rings. The Hall–Kier alpha value is -2.37. The normalized spacial score (nSPS) is 10.8. The Morgan fingerprint density at radius 1 is 1.17 bits per heavy atom. The maximum Gasteiger partial charge on any atom is 0.341 e. The van der Waals surface area contributed by atoms with Gasteiger partial charge in [0.25, 0.3) is 5.56 Å². The van der Waals surface area contributed by atoms with E-state index in [2.05, 4.69) is 4.98 Å². The fraction of sp³-hybridized carbons (Fsp3) is 0.118. The molecule has 7 heteroatoms. The Morgan fingerprint density at radius 2 is 1.83 bits per heavy atom. The second-order valence-corrected chi connectivity index (χ2v) is 5.93. The zero-order chi connectivity index (χ0) is 17.3. The van der Waals surface area contributed by atoms with Crippen LogP contribution in [-0.4, -0.2) is 15.4 Å². The molecule has 2 aromatic heterocycles. The lowest BCUT2D eigenvalue weighted by Crippen LogP contribution is -2.18. The van der Waals surface area contributed by atoms with Gasteiger partial charge >= 0.3 is 5.97 Å². The summed E-state index contributed by atoms with van der Waals surface area (Å²) in [6, 6.07) is 11.4. The van der Waals surface area contributed by atoms with Crippen LogP contribution < -0.4 is 5.56 Å². The maximum atomic E-state index is 12.2. The van der Waals surface area contributed by atoms with E-state index in [9.17, 15) is 9.59 Å². The molecule has 3 rings (SSSR count). The number of halogens is 2. The lowest BCUT2D eigenvalue weighted by molar-refractivity contribution is 0.0468. The van der Waals surface area contributed by atoms with E-state index >= 15 is 0 Å². The molecule has 0 aliphatic heterocycles. The molecule has 0 bridgehead atoms. The van der Waals surface area contributed by atoms with Gasteiger partial charge in [-0.25, -0.2) is 9.78 Å². The zero-order valence-electron chi connectivity index (χ0n) is 12.6. The Balaban J connectivity index is 1.86. The lowest BCUT2D eigenvalue weighted by Gasteiger charge is -2.09. The minimum Gasteiger partial charge on any atom is -0.455 e. The average Bonchev–Trinajstić information content (AvgIpc) is 2.52. The van der Waals surface area contributed by atoms with Crippen molar-refractivity contribution in [1.82, 2.24) is 9.38 Å². The highest BCUT2D eigenvalue weighted by molar-refractivity contribution is 6.39. The van der Waals surface area contributed by atoms with Crippen LogP contribution in [0.2, 0.25) is 10.0 Å². The molecule has 24 heavy (non-hydrogen) atoms. The number of pyridine rings is 1. The van der Waals surface area contributed by atoms with E-state index in [1.165, 1.54) is 10.5 Å². The minimum absolute atomic E-state index is 0.0918. The van der Waals surface area contributed by atoms with Crippen molar-refractivity contribution in [3.63, 3.8) is 0 Å². The number of ether oxygens (including phenoxy) is 1. The summed E-state index contributed by atoms with van der Waals surface area (Å²) < 4.78 is 6.67. The van der Waals surface area contributed by atoms with Gasteiger partial charge in [-0.05, 0) is 31.2 Å². The predicted octanol–water partition coefficient (Wildman–Crippen LogP) is 3.67. The lowest BCUT2D eigenvalue weighted by atomic mass is 10.2. The first-order valence-corrected chi connectivity index (χ1v) is 7.82. The summed E-state index contributed by atoms with van der Waals surface area (Å²) in [5, 5.41) is 0.407. The average molecular weight is 363 g/mol. The Labute approximate surface area is 147 Å². The Kier molecular flexibility index (Phi) is 4.55. The van der Waals surface area contributed by atoms with Gasteiger partial charge < -0.3 is 4.74 Å². The van der Waals surface area contributed by atoms with E-state index in [1.807, 2.05) is 13.0 Å². The first kappa shape index (κ1) is 16.5. The number of hydrogen-bond acceptors (Lipinski definition) is 4.